The van der Waals surface area contributed by atoms with Gasteiger partial charge in [0.25, 0.3) is 0 Å². The third-order valence-electron chi connectivity index (χ3n) is 5.60. The number of carbonyl (C=O) groups is 1. The van der Waals surface area contributed by atoms with Crippen molar-refractivity contribution in [1.82, 2.24) is 0 Å². The van der Waals surface area contributed by atoms with E-state index in [0.29, 0.717) is 5.56 Å². The Bertz CT molecular complexity index is 1020. The zero-order valence-electron chi connectivity index (χ0n) is 16.1. The fourth-order valence-corrected chi connectivity index (χ4v) is 3.87. The largest absolute Gasteiger partial charge is 0.298 e. The van der Waals surface area contributed by atoms with Crippen LogP contribution in [-0.2, 0) is 5.41 Å². The summed E-state index contributed by atoms with van der Waals surface area (Å²) in [5.41, 5.74) is 9.72. The minimum absolute atomic E-state index is 0.128. The van der Waals surface area contributed by atoms with Gasteiger partial charge in [0, 0.05) is 5.56 Å². The van der Waals surface area contributed by atoms with Crippen LogP contribution in [0.25, 0.3) is 16.7 Å². The summed E-state index contributed by atoms with van der Waals surface area (Å²) in [6.07, 6.45) is 4.31. The van der Waals surface area contributed by atoms with Crippen LogP contribution in [0.4, 0.5) is 0 Å². The Morgan fingerprint density at radius 3 is 2.11 bits per heavy atom. The van der Waals surface area contributed by atoms with Gasteiger partial charge in [-0.1, -0.05) is 86.2 Å². The highest BCUT2D eigenvalue weighted by atomic mass is 16.1. The van der Waals surface area contributed by atoms with Crippen molar-refractivity contribution < 1.29 is 4.79 Å². The van der Waals surface area contributed by atoms with Crippen molar-refractivity contribution in [2.75, 3.05) is 0 Å². The maximum Gasteiger partial charge on any atom is 0.150 e. The Morgan fingerprint density at radius 2 is 1.44 bits per heavy atom. The predicted octanol–water partition coefficient (Wildman–Crippen LogP) is 6.59. The molecule has 1 nitrogen and oxygen atoms in total. The first-order chi connectivity index (χ1) is 13.0. The van der Waals surface area contributed by atoms with Gasteiger partial charge in [0.05, 0.1) is 0 Å². The molecule has 0 saturated heterocycles. The molecule has 1 heteroatoms. The van der Waals surface area contributed by atoms with Gasteiger partial charge in [-0.25, -0.2) is 0 Å². The SMILES string of the molecule is Cc1ccc(C2=CCC(C)(C)c3ccc(-c4ccc(C=O)cc4)cc32)cc1. The number of allylic oxidation sites excluding steroid dienone is 1. The van der Waals surface area contributed by atoms with E-state index in [1.165, 1.54) is 33.4 Å². The first-order valence-electron chi connectivity index (χ1n) is 9.46. The zero-order chi connectivity index (χ0) is 19.0. The van der Waals surface area contributed by atoms with Crippen LogP contribution in [0.5, 0.6) is 0 Å². The summed E-state index contributed by atoms with van der Waals surface area (Å²) >= 11 is 0. The summed E-state index contributed by atoms with van der Waals surface area (Å²) in [5.74, 6) is 0. The van der Waals surface area contributed by atoms with Crippen LogP contribution in [0, 0.1) is 6.92 Å². The van der Waals surface area contributed by atoms with Crippen molar-refractivity contribution in [3.05, 3.63) is 101 Å². The van der Waals surface area contributed by atoms with Crippen LogP contribution >= 0.6 is 0 Å². The quantitative estimate of drug-likeness (QED) is 0.486. The molecule has 4 rings (SSSR count). The number of aldehydes is 1. The molecule has 27 heavy (non-hydrogen) atoms. The fourth-order valence-electron chi connectivity index (χ4n) is 3.87. The maximum absolute atomic E-state index is 10.9. The Morgan fingerprint density at radius 1 is 0.815 bits per heavy atom. The van der Waals surface area contributed by atoms with Gasteiger partial charge in [-0.3, -0.25) is 4.79 Å². The van der Waals surface area contributed by atoms with Crippen molar-refractivity contribution in [1.29, 1.82) is 0 Å². The van der Waals surface area contributed by atoms with Gasteiger partial charge in [0.2, 0.25) is 0 Å². The number of hydrogen-bond donors (Lipinski definition) is 0. The number of benzene rings is 3. The standard InChI is InChI=1S/C26H24O/c1-18-4-8-21(9-5-18)23-14-15-26(2,3)25-13-12-22(16-24(23)25)20-10-6-19(17-27)7-11-20/h4-14,16-17H,15H2,1-3H3. The van der Waals surface area contributed by atoms with E-state index in [-0.39, 0.29) is 5.41 Å². The molecule has 0 saturated carbocycles. The predicted molar refractivity (Wildman–Crippen MR) is 113 cm³/mol. The second kappa shape index (κ2) is 6.66. The Balaban J connectivity index is 1.84. The van der Waals surface area contributed by atoms with Crippen molar-refractivity contribution in [3.8, 4) is 11.1 Å². The third kappa shape index (κ3) is 3.26. The highest BCUT2D eigenvalue weighted by molar-refractivity contribution is 5.86. The summed E-state index contributed by atoms with van der Waals surface area (Å²) in [4.78, 5) is 10.9. The third-order valence-corrected chi connectivity index (χ3v) is 5.60. The number of rotatable bonds is 3. The summed E-state index contributed by atoms with van der Waals surface area (Å²) in [7, 11) is 0. The van der Waals surface area contributed by atoms with Gasteiger partial charge in [-0.15, -0.1) is 0 Å². The summed E-state index contributed by atoms with van der Waals surface area (Å²) in [6, 6.07) is 23.4. The lowest BCUT2D eigenvalue weighted by Crippen LogP contribution is -2.21. The monoisotopic (exact) mass is 352 g/mol. The summed E-state index contributed by atoms with van der Waals surface area (Å²) in [5, 5.41) is 0. The molecule has 0 unspecified atom stereocenters. The molecule has 1 aliphatic rings. The molecule has 3 aromatic rings. The molecule has 0 N–H and O–H groups in total. The Labute approximate surface area is 161 Å². The van der Waals surface area contributed by atoms with Crippen molar-refractivity contribution in [2.24, 2.45) is 0 Å². The maximum atomic E-state index is 10.9. The molecule has 0 atom stereocenters. The molecule has 0 heterocycles. The minimum atomic E-state index is 0.128. The number of carbonyl (C=O) groups excluding carboxylic acids is 1. The van der Waals surface area contributed by atoms with Crippen molar-refractivity contribution in [3.63, 3.8) is 0 Å². The molecule has 3 aromatic carbocycles. The second-order valence-corrected chi connectivity index (χ2v) is 8.07. The van der Waals surface area contributed by atoms with Gasteiger partial charge in [-0.2, -0.15) is 0 Å². The summed E-state index contributed by atoms with van der Waals surface area (Å²) in [6.45, 7) is 6.75. The molecule has 1 aliphatic carbocycles. The lowest BCUT2D eigenvalue weighted by molar-refractivity contribution is 0.112. The molecule has 0 radical (unpaired) electrons. The first kappa shape index (κ1) is 17.5. The highest BCUT2D eigenvalue weighted by Crippen LogP contribution is 2.42. The Kier molecular flexibility index (Phi) is 4.31. The van der Waals surface area contributed by atoms with Crippen LogP contribution in [0.15, 0.2) is 72.8 Å². The lowest BCUT2D eigenvalue weighted by atomic mass is 9.71. The number of fused-ring (bicyclic) bond motifs is 1. The van der Waals surface area contributed by atoms with Gasteiger partial charge in [0.1, 0.15) is 6.29 Å². The van der Waals surface area contributed by atoms with E-state index in [9.17, 15) is 4.79 Å². The van der Waals surface area contributed by atoms with Crippen molar-refractivity contribution in [2.45, 2.75) is 32.6 Å². The average Bonchev–Trinajstić information content (AvgIpc) is 2.69. The van der Waals surface area contributed by atoms with Crippen LogP contribution in [0.2, 0.25) is 0 Å². The van der Waals surface area contributed by atoms with Crippen LogP contribution in [0.1, 0.15) is 52.9 Å². The molecule has 0 spiro atoms. The molecule has 0 fully saturated rings. The molecule has 0 bridgehead atoms. The Hall–Kier alpha value is -2.93. The van der Waals surface area contributed by atoms with Gasteiger partial charge >= 0.3 is 0 Å². The van der Waals surface area contributed by atoms with E-state index in [0.717, 1.165) is 18.3 Å². The van der Waals surface area contributed by atoms with Crippen LogP contribution < -0.4 is 0 Å². The van der Waals surface area contributed by atoms with Gasteiger partial charge in [0.15, 0.2) is 0 Å². The van der Waals surface area contributed by atoms with E-state index in [1.807, 2.05) is 24.3 Å². The van der Waals surface area contributed by atoms with E-state index < -0.39 is 0 Å². The van der Waals surface area contributed by atoms with E-state index in [1.54, 1.807) is 0 Å². The average molecular weight is 352 g/mol. The van der Waals surface area contributed by atoms with Crippen molar-refractivity contribution >= 4 is 11.9 Å². The summed E-state index contributed by atoms with van der Waals surface area (Å²) < 4.78 is 0. The zero-order valence-corrected chi connectivity index (χ0v) is 16.1. The van der Waals surface area contributed by atoms with E-state index >= 15 is 0 Å². The molecule has 0 amide bonds. The second-order valence-electron chi connectivity index (χ2n) is 8.07. The first-order valence-corrected chi connectivity index (χ1v) is 9.46. The van der Waals surface area contributed by atoms with E-state index in [4.69, 9.17) is 0 Å². The number of aryl methyl sites for hydroxylation is 1. The lowest BCUT2D eigenvalue weighted by Gasteiger charge is -2.32. The molecular formula is C26H24O. The molecule has 0 aromatic heterocycles. The fraction of sp³-hybridized carbons (Fsp3) is 0.192. The van der Waals surface area contributed by atoms with Crippen LogP contribution in [-0.4, -0.2) is 6.29 Å². The highest BCUT2D eigenvalue weighted by Gasteiger charge is 2.28. The normalized spacial score (nSPS) is 15.0. The van der Waals surface area contributed by atoms with Gasteiger partial charge in [-0.05, 0) is 58.2 Å². The molecule has 134 valence electrons. The van der Waals surface area contributed by atoms with Crippen LogP contribution in [0.3, 0.4) is 0 Å². The minimum Gasteiger partial charge on any atom is -0.298 e. The number of hydrogen-bond acceptors (Lipinski definition) is 1. The van der Waals surface area contributed by atoms with Gasteiger partial charge < -0.3 is 0 Å². The molecule has 0 aliphatic heterocycles. The molecular weight excluding hydrogens is 328 g/mol. The van der Waals surface area contributed by atoms with E-state index in [2.05, 4.69) is 69.3 Å². The topological polar surface area (TPSA) is 17.1 Å². The smallest absolute Gasteiger partial charge is 0.150 e.